The summed E-state index contributed by atoms with van der Waals surface area (Å²) in [7, 11) is 0. The highest BCUT2D eigenvalue weighted by atomic mass is 32.1. The fourth-order valence-electron chi connectivity index (χ4n) is 2.46. The lowest BCUT2D eigenvalue weighted by Crippen LogP contribution is -2.28. The number of hydrogen-bond donors (Lipinski definition) is 0. The van der Waals surface area contributed by atoms with Crippen LogP contribution in [0.1, 0.15) is 46.5 Å². The van der Waals surface area contributed by atoms with Crippen molar-refractivity contribution in [2.24, 2.45) is 17.8 Å². The summed E-state index contributed by atoms with van der Waals surface area (Å²) < 4.78 is 0. The molecular formula is C11H20S. The summed E-state index contributed by atoms with van der Waals surface area (Å²) in [6.07, 6.45) is 5.55. The van der Waals surface area contributed by atoms with Gasteiger partial charge in [0.1, 0.15) is 0 Å². The normalized spacial score (nSPS) is 30.7. The van der Waals surface area contributed by atoms with Crippen LogP contribution in [0.25, 0.3) is 0 Å². The fourth-order valence-corrected chi connectivity index (χ4v) is 2.75. The van der Waals surface area contributed by atoms with Crippen LogP contribution in [0.15, 0.2) is 0 Å². The van der Waals surface area contributed by atoms with Gasteiger partial charge in [-0.15, -0.1) is 0 Å². The molecule has 0 spiro atoms. The molecular weight excluding hydrogens is 164 g/mol. The largest absolute Gasteiger partial charge is 0.0897 e. The zero-order chi connectivity index (χ0) is 9.14. The lowest BCUT2D eigenvalue weighted by atomic mass is 9.72. The van der Waals surface area contributed by atoms with Crippen LogP contribution in [0.5, 0.6) is 0 Å². The zero-order valence-electron chi connectivity index (χ0n) is 8.47. The smallest absolute Gasteiger partial charge is 0.00687 e. The van der Waals surface area contributed by atoms with E-state index in [2.05, 4.69) is 20.8 Å². The van der Waals surface area contributed by atoms with Gasteiger partial charge in [0.2, 0.25) is 0 Å². The van der Waals surface area contributed by atoms with E-state index in [1.807, 2.05) is 0 Å². The molecule has 0 aromatic carbocycles. The summed E-state index contributed by atoms with van der Waals surface area (Å²) >= 11 is 5.31. The Labute approximate surface area is 81.7 Å². The van der Waals surface area contributed by atoms with Gasteiger partial charge in [-0.3, -0.25) is 0 Å². The third-order valence-corrected chi connectivity index (χ3v) is 3.50. The SMILES string of the molecule is CC(=S)C1CCCC[C@H]1C(C)C. The molecule has 0 bridgehead atoms. The van der Waals surface area contributed by atoms with Crippen LogP contribution >= 0.6 is 12.2 Å². The molecule has 0 aliphatic heterocycles. The van der Waals surface area contributed by atoms with E-state index in [1.54, 1.807) is 0 Å². The highest BCUT2D eigenvalue weighted by Gasteiger charge is 2.28. The molecule has 1 saturated carbocycles. The predicted molar refractivity (Wildman–Crippen MR) is 58.6 cm³/mol. The summed E-state index contributed by atoms with van der Waals surface area (Å²) in [4.78, 5) is 1.24. The van der Waals surface area contributed by atoms with Gasteiger partial charge in [0.25, 0.3) is 0 Å². The van der Waals surface area contributed by atoms with Crippen molar-refractivity contribution in [1.29, 1.82) is 0 Å². The minimum Gasteiger partial charge on any atom is -0.0897 e. The number of thiocarbonyl (C=S) groups is 1. The first-order valence-electron chi connectivity index (χ1n) is 5.13. The van der Waals surface area contributed by atoms with Gasteiger partial charge in [-0.2, -0.15) is 0 Å². The lowest BCUT2D eigenvalue weighted by Gasteiger charge is -2.34. The van der Waals surface area contributed by atoms with E-state index in [0.29, 0.717) is 0 Å². The molecule has 1 rings (SSSR count). The first-order valence-corrected chi connectivity index (χ1v) is 5.54. The van der Waals surface area contributed by atoms with E-state index in [1.165, 1.54) is 30.5 Å². The Morgan fingerprint density at radius 1 is 1.25 bits per heavy atom. The Balaban J connectivity index is 2.60. The van der Waals surface area contributed by atoms with Crippen LogP contribution in [0.4, 0.5) is 0 Å². The molecule has 0 aromatic rings. The van der Waals surface area contributed by atoms with Crippen molar-refractivity contribution in [3.05, 3.63) is 0 Å². The maximum absolute atomic E-state index is 5.31. The Kier molecular flexibility index (Phi) is 3.70. The molecule has 0 N–H and O–H groups in total. The van der Waals surface area contributed by atoms with Crippen LogP contribution in [0.2, 0.25) is 0 Å². The minimum absolute atomic E-state index is 0.744. The predicted octanol–water partition coefficient (Wildman–Crippen LogP) is 3.84. The van der Waals surface area contributed by atoms with Gasteiger partial charge >= 0.3 is 0 Å². The monoisotopic (exact) mass is 184 g/mol. The Hall–Kier alpha value is 0.0900. The lowest BCUT2D eigenvalue weighted by molar-refractivity contribution is 0.233. The van der Waals surface area contributed by atoms with Crippen LogP contribution in [0.3, 0.4) is 0 Å². The molecule has 12 heavy (non-hydrogen) atoms. The average Bonchev–Trinajstić information content (AvgIpc) is 2.04. The van der Waals surface area contributed by atoms with Crippen LogP contribution in [-0.2, 0) is 0 Å². The number of rotatable bonds is 2. The second-order valence-corrected chi connectivity index (χ2v) is 5.05. The molecule has 2 atom stereocenters. The third kappa shape index (κ3) is 2.29. The molecule has 0 heterocycles. The summed E-state index contributed by atoms with van der Waals surface area (Å²) in [5.41, 5.74) is 0. The van der Waals surface area contributed by atoms with Crippen LogP contribution < -0.4 is 0 Å². The molecule has 0 saturated heterocycles. The molecule has 1 unspecified atom stereocenters. The molecule has 1 heteroatoms. The van der Waals surface area contributed by atoms with Crippen molar-refractivity contribution in [2.45, 2.75) is 46.5 Å². The number of hydrogen-bond acceptors (Lipinski definition) is 1. The van der Waals surface area contributed by atoms with E-state index in [-0.39, 0.29) is 0 Å². The molecule has 0 nitrogen and oxygen atoms in total. The van der Waals surface area contributed by atoms with Crippen molar-refractivity contribution in [2.75, 3.05) is 0 Å². The van der Waals surface area contributed by atoms with E-state index in [4.69, 9.17) is 12.2 Å². The van der Waals surface area contributed by atoms with Crippen molar-refractivity contribution < 1.29 is 0 Å². The van der Waals surface area contributed by atoms with Gasteiger partial charge in [0, 0.05) is 0 Å². The van der Waals surface area contributed by atoms with Crippen LogP contribution in [0, 0.1) is 17.8 Å². The quantitative estimate of drug-likeness (QED) is 0.588. The van der Waals surface area contributed by atoms with Gasteiger partial charge in [-0.1, -0.05) is 38.9 Å². The molecule has 1 aliphatic carbocycles. The van der Waals surface area contributed by atoms with Crippen molar-refractivity contribution >= 4 is 17.1 Å². The van der Waals surface area contributed by atoms with Gasteiger partial charge in [-0.25, -0.2) is 0 Å². The summed E-state index contributed by atoms with van der Waals surface area (Å²) in [6.45, 7) is 6.79. The van der Waals surface area contributed by atoms with E-state index in [0.717, 1.165) is 17.8 Å². The topological polar surface area (TPSA) is 0 Å². The maximum Gasteiger partial charge on any atom is -0.00687 e. The van der Waals surface area contributed by atoms with Gasteiger partial charge < -0.3 is 0 Å². The van der Waals surface area contributed by atoms with E-state index in [9.17, 15) is 0 Å². The fraction of sp³-hybridized carbons (Fsp3) is 0.909. The second-order valence-electron chi connectivity index (χ2n) is 4.41. The summed E-state index contributed by atoms with van der Waals surface area (Å²) in [6, 6.07) is 0. The van der Waals surface area contributed by atoms with Gasteiger partial charge in [0.05, 0.1) is 0 Å². The van der Waals surface area contributed by atoms with Crippen molar-refractivity contribution in [3.8, 4) is 0 Å². The first kappa shape index (κ1) is 10.2. The Bertz CT molecular complexity index is 160. The summed E-state index contributed by atoms with van der Waals surface area (Å²) in [5, 5.41) is 0. The molecule has 1 fully saturated rings. The molecule has 0 amide bonds. The summed E-state index contributed by atoms with van der Waals surface area (Å²) in [5.74, 6) is 2.43. The van der Waals surface area contributed by atoms with Gasteiger partial charge in [0.15, 0.2) is 0 Å². The van der Waals surface area contributed by atoms with Crippen molar-refractivity contribution in [3.63, 3.8) is 0 Å². The molecule has 0 radical (unpaired) electrons. The molecule has 0 aromatic heterocycles. The highest BCUT2D eigenvalue weighted by Crippen LogP contribution is 2.35. The average molecular weight is 184 g/mol. The van der Waals surface area contributed by atoms with E-state index >= 15 is 0 Å². The third-order valence-electron chi connectivity index (χ3n) is 3.20. The standard InChI is InChI=1S/C11H20S/c1-8(2)10-6-4-5-7-11(10)9(3)12/h8,10-11H,4-7H2,1-3H3/t10-,11?/m0/s1. The Morgan fingerprint density at radius 3 is 2.25 bits per heavy atom. The maximum atomic E-state index is 5.31. The highest BCUT2D eigenvalue weighted by molar-refractivity contribution is 7.80. The van der Waals surface area contributed by atoms with Crippen LogP contribution in [-0.4, -0.2) is 4.86 Å². The van der Waals surface area contributed by atoms with Crippen molar-refractivity contribution in [1.82, 2.24) is 0 Å². The zero-order valence-corrected chi connectivity index (χ0v) is 9.29. The van der Waals surface area contributed by atoms with E-state index < -0.39 is 0 Å². The second kappa shape index (κ2) is 4.36. The van der Waals surface area contributed by atoms with Gasteiger partial charge in [-0.05, 0) is 42.4 Å². The molecule has 1 aliphatic rings. The first-order chi connectivity index (χ1) is 5.63. The molecule has 70 valence electrons. The minimum atomic E-state index is 0.744. The Morgan fingerprint density at radius 2 is 1.83 bits per heavy atom.